The van der Waals surface area contributed by atoms with Crippen LogP contribution in [0.25, 0.3) is 0 Å². The number of benzene rings is 1. The van der Waals surface area contributed by atoms with Gasteiger partial charge in [-0.25, -0.2) is 0 Å². The van der Waals surface area contributed by atoms with Crippen molar-refractivity contribution in [2.45, 2.75) is 0 Å². The molecule has 4 nitrogen and oxygen atoms in total. The molecule has 0 spiro atoms. The summed E-state index contributed by atoms with van der Waals surface area (Å²) >= 11 is 3.19. The van der Waals surface area contributed by atoms with E-state index in [1.807, 2.05) is 0 Å². The van der Waals surface area contributed by atoms with Gasteiger partial charge in [0.25, 0.3) is 0 Å². The second kappa shape index (κ2) is 3.21. The summed E-state index contributed by atoms with van der Waals surface area (Å²) in [4.78, 5) is 0. The van der Waals surface area contributed by atoms with Crippen LogP contribution in [0.3, 0.4) is 0 Å². The average Bonchev–Trinajstić information content (AvgIpc) is 2.50. The zero-order chi connectivity index (χ0) is 9.42. The molecule has 0 bridgehead atoms. The monoisotopic (exact) mass is 244 g/mol. The Kier molecular flexibility index (Phi) is 2.19. The van der Waals surface area contributed by atoms with Gasteiger partial charge in [0.1, 0.15) is 0 Å². The van der Waals surface area contributed by atoms with Crippen LogP contribution in [0.4, 0.5) is 0 Å². The first-order valence-corrected chi connectivity index (χ1v) is 4.43. The SMILES string of the molecule is OB(O)c1c(Br)ccc2c1OCO2. The molecule has 1 heterocycles. The lowest BCUT2D eigenvalue weighted by atomic mass is 9.79. The second-order valence-corrected chi connectivity index (χ2v) is 3.42. The van der Waals surface area contributed by atoms with E-state index in [1.54, 1.807) is 12.1 Å². The molecule has 2 rings (SSSR count). The molecule has 0 aliphatic carbocycles. The molecule has 1 aliphatic rings. The Bertz CT molecular complexity index is 342. The number of fused-ring (bicyclic) bond motifs is 1. The van der Waals surface area contributed by atoms with Crippen LogP contribution in [-0.4, -0.2) is 24.0 Å². The molecule has 0 saturated heterocycles. The molecular weight excluding hydrogens is 239 g/mol. The van der Waals surface area contributed by atoms with E-state index in [1.165, 1.54) is 0 Å². The standard InChI is InChI=1S/C7H6BBrO4/c9-4-1-2-5-7(13-3-12-5)6(4)8(10)11/h1-2,10-11H,3H2. The van der Waals surface area contributed by atoms with Crippen molar-refractivity contribution in [3.8, 4) is 11.5 Å². The van der Waals surface area contributed by atoms with E-state index >= 15 is 0 Å². The summed E-state index contributed by atoms with van der Waals surface area (Å²) in [5, 5.41) is 18.1. The van der Waals surface area contributed by atoms with Crippen LogP contribution in [0.5, 0.6) is 11.5 Å². The first-order valence-electron chi connectivity index (χ1n) is 3.64. The predicted octanol–water partition coefficient (Wildman–Crippen LogP) is -0.142. The van der Waals surface area contributed by atoms with Crippen molar-refractivity contribution in [1.29, 1.82) is 0 Å². The average molecular weight is 245 g/mol. The summed E-state index contributed by atoms with van der Waals surface area (Å²) in [5.74, 6) is 0.927. The maximum absolute atomic E-state index is 9.06. The van der Waals surface area contributed by atoms with E-state index in [-0.39, 0.29) is 6.79 Å². The van der Waals surface area contributed by atoms with Crippen LogP contribution < -0.4 is 14.9 Å². The van der Waals surface area contributed by atoms with Crippen LogP contribution in [0.15, 0.2) is 16.6 Å². The summed E-state index contributed by atoms with van der Waals surface area (Å²) in [5.41, 5.74) is 0.301. The maximum Gasteiger partial charge on any atom is 0.493 e. The highest BCUT2D eigenvalue weighted by molar-refractivity contribution is 9.10. The van der Waals surface area contributed by atoms with Gasteiger partial charge in [-0.1, -0.05) is 15.9 Å². The third-order valence-electron chi connectivity index (χ3n) is 1.78. The summed E-state index contributed by atoms with van der Waals surface area (Å²) < 4.78 is 10.8. The molecule has 13 heavy (non-hydrogen) atoms. The molecule has 6 heteroatoms. The van der Waals surface area contributed by atoms with E-state index in [0.717, 1.165) is 0 Å². The lowest BCUT2D eigenvalue weighted by Gasteiger charge is -2.06. The Morgan fingerprint density at radius 3 is 2.77 bits per heavy atom. The van der Waals surface area contributed by atoms with Crippen LogP contribution in [0.1, 0.15) is 0 Å². The Morgan fingerprint density at radius 1 is 1.31 bits per heavy atom. The lowest BCUT2D eigenvalue weighted by Crippen LogP contribution is -2.31. The largest absolute Gasteiger partial charge is 0.493 e. The zero-order valence-electron chi connectivity index (χ0n) is 6.53. The topological polar surface area (TPSA) is 58.9 Å². The molecule has 0 radical (unpaired) electrons. The number of rotatable bonds is 1. The van der Waals surface area contributed by atoms with Gasteiger partial charge in [0, 0.05) is 9.94 Å². The minimum atomic E-state index is -1.56. The molecular formula is C7H6BBrO4. The first-order chi connectivity index (χ1) is 6.20. The van der Waals surface area contributed by atoms with E-state index in [2.05, 4.69) is 15.9 Å². The van der Waals surface area contributed by atoms with Gasteiger partial charge in [-0.15, -0.1) is 0 Å². The van der Waals surface area contributed by atoms with Gasteiger partial charge in [0.15, 0.2) is 11.5 Å². The Hall–Kier alpha value is -0.715. The van der Waals surface area contributed by atoms with Gasteiger partial charge < -0.3 is 19.5 Å². The van der Waals surface area contributed by atoms with Gasteiger partial charge in [0.05, 0.1) is 0 Å². The third-order valence-corrected chi connectivity index (χ3v) is 2.47. The Balaban J connectivity index is 2.58. The van der Waals surface area contributed by atoms with Crippen LogP contribution in [-0.2, 0) is 0 Å². The number of hydrogen-bond acceptors (Lipinski definition) is 4. The van der Waals surface area contributed by atoms with Gasteiger partial charge in [-0.2, -0.15) is 0 Å². The molecule has 0 saturated carbocycles. The highest BCUT2D eigenvalue weighted by atomic mass is 79.9. The normalized spacial score (nSPS) is 13.2. The molecule has 1 aromatic carbocycles. The summed E-state index contributed by atoms with van der Waals surface area (Å²) in [7, 11) is -1.56. The summed E-state index contributed by atoms with van der Waals surface area (Å²) in [6.45, 7) is 0.117. The van der Waals surface area contributed by atoms with E-state index in [4.69, 9.17) is 19.5 Å². The maximum atomic E-state index is 9.06. The minimum Gasteiger partial charge on any atom is -0.454 e. The van der Waals surface area contributed by atoms with Crippen molar-refractivity contribution in [1.82, 2.24) is 0 Å². The fourth-order valence-corrected chi connectivity index (χ4v) is 1.73. The predicted molar refractivity (Wildman–Crippen MR) is 50.1 cm³/mol. The van der Waals surface area contributed by atoms with Crippen molar-refractivity contribution in [3.05, 3.63) is 16.6 Å². The van der Waals surface area contributed by atoms with Gasteiger partial charge in [-0.3, -0.25) is 0 Å². The minimum absolute atomic E-state index is 0.117. The summed E-state index contributed by atoms with van der Waals surface area (Å²) in [6, 6.07) is 3.39. The lowest BCUT2D eigenvalue weighted by molar-refractivity contribution is 0.174. The van der Waals surface area contributed by atoms with E-state index in [9.17, 15) is 0 Å². The summed E-state index contributed by atoms with van der Waals surface area (Å²) in [6.07, 6.45) is 0. The molecule has 1 aliphatic heterocycles. The van der Waals surface area contributed by atoms with Gasteiger partial charge in [-0.05, 0) is 12.1 Å². The van der Waals surface area contributed by atoms with Gasteiger partial charge in [0.2, 0.25) is 6.79 Å². The fraction of sp³-hybridized carbons (Fsp3) is 0.143. The van der Waals surface area contributed by atoms with Crippen LogP contribution in [0, 0.1) is 0 Å². The highest BCUT2D eigenvalue weighted by Crippen LogP contribution is 2.32. The Labute approximate surface area is 83.4 Å². The van der Waals surface area contributed by atoms with Crippen LogP contribution >= 0.6 is 15.9 Å². The number of ether oxygens (including phenoxy) is 2. The van der Waals surface area contributed by atoms with Crippen molar-refractivity contribution in [2.24, 2.45) is 0 Å². The molecule has 68 valence electrons. The van der Waals surface area contributed by atoms with Crippen molar-refractivity contribution in [3.63, 3.8) is 0 Å². The third kappa shape index (κ3) is 1.41. The smallest absolute Gasteiger partial charge is 0.454 e. The zero-order valence-corrected chi connectivity index (χ0v) is 8.11. The molecule has 1 aromatic rings. The molecule has 0 fully saturated rings. The molecule has 2 N–H and O–H groups in total. The van der Waals surface area contributed by atoms with Crippen molar-refractivity contribution in [2.75, 3.05) is 6.79 Å². The molecule has 0 aromatic heterocycles. The molecule has 0 amide bonds. The number of halogens is 1. The van der Waals surface area contributed by atoms with Crippen molar-refractivity contribution >= 4 is 28.5 Å². The van der Waals surface area contributed by atoms with E-state index in [0.29, 0.717) is 21.4 Å². The van der Waals surface area contributed by atoms with Gasteiger partial charge >= 0.3 is 7.12 Å². The number of hydrogen-bond donors (Lipinski definition) is 2. The Morgan fingerprint density at radius 2 is 2.08 bits per heavy atom. The van der Waals surface area contributed by atoms with Crippen molar-refractivity contribution < 1.29 is 19.5 Å². The highest BCUT2D eigenvalue weighted by Gasteiger charge is 2.27. The fourth-order valence-electron chi connectivity index (χ4n) is 1.21. The van der Waals surface area contributed by atoms with E-state index < -0.39 is 7.12 Å². The van der Waals surface area contributed by atoms with Crippen LogP contribution in [0.2, 0.25) is 0 Å². The molecule has 0 atom stereocenters. The second-order valence-electron chi connectivity index (χ2n) is 2.57. The first kappa shape index (κ1) is 8.86. The molecule has 0 unspecified atom stereocenters. The quantitative estimate of drug-likeness (QED) is 0.676.